The molecule has 0 saturated carbocycles. The molecule has 3 heterocycles. The predicted molar refractivity (Wildman–Crippen MR) is 124 cm³/mol. The van der Waals surface area contributed by atoms with E-state index in [9.17, 15) is 26.7 Å². The van der Waals surface area contributed by atoms with Gasteiger partial charge in [-0.3, -0.25) is 9.89 Å². The van der Waals surface area contributed by atoms with Crippen molar-refractivity contribution in [3.8, 4) is 11.5 Å². The zero-order valence-electron chi connectivity index (χ0n) is 19.4. The molecule has 2 aliphatic heterocycles. The number of halogens is 3. The molecular formula is C24H23F3N4O5S. The Labute approximate surface area is 211 Å². The summed E-state index contributed by atoms with van der Waals surface area (Å²) in [6, 6.07) is 13.2. The molecule has 1 N–H and O–H groups in total. The molecule has 0 aliphatic carbocycles. The summed E-state index contributed by atoms with van der Waals surface area (Å²) < 4.78 is 75.4. The number of hydrogen-bond donors (Lipinski definition) is 1. The van der Waals surface area contributed by atoms with E-state index in [1.807, 2.05) is 18.2 Å². The maximum Gasteiger partial charge on any atom is 0.573 e. The summed E-state index contributed by atoms with van der Waals surface area (Å²) in [5.74, 6) is -0.289. The highest BCUT2D eigenvalue weighted by Gasteiger charge is 2.59. The Kier molecular flexibility index (Phi) is 6.46. The summed E-state index contributed by atoms with van der Waals surface area (Å²) in [7, 11) is -4.02. The Morgan fingerprint density at radius 3 is 2.43 bits per heavy atom. The number of carbonyl (C=O) groups is 1. The number of nitrogens with zero attached hydrogens (tertiary/aromatic N) is 3. The molecule has 1 amide bonds. The van der Waals surface area contributed by atoms with E-state index in [2.05, 4.69) is 14.9 Å². The zero-order chi connectivity index (χ0) is 26.3. The second kappa shape index (κ2) is 9.47. The number of aromatic nitrogens is 2. The number of H-pyrrole nitrogens is 1. The lowest BCUT2D eigenvalue weighted by Gasteiger charge is -2.50. The third-order valence-electron chi connectivity index (χ3n) is 6.71. The van der Waals surface area contributed by atoms with Crippen LogP contribution in [-0.2, 0) is 14.6 Å². The summed E-state index contributed by atoms with van der Waals surface area (Å²) in [6.07, 6.45) is -1.94. The highest BCUT2D eigenvalue weighted by molar-refractivity contribution is 7.95. The molecule has 2 saturated heterocycles. The van der Waals surface area contributed by atoms with Crippen LogP contribution in [0.25, 0.3) is 0 Å². The Morgan fingerprint density at radius 1 is 1.11 bits per heavy atom. The molecule has 0 bridgehead atoms. The number of carbonyl (C=O) groups excluding carboxylic acids is 1. The van der Waals surface area contributed by atoms with Crippen LogP contribution in [0.4, 0.5) is 13.2 Å². The summed E-state index contributed by atoms with van der Waals surface area (Å²) in [5.41, 5.74) is -0.115. The van der Waals surface area contributed by atoms with Crippen LogP contribution in [0.3, 0.4) is 0 Å². The minimum absolute atomic E-state index is 0.143. The summed E-state index contributed by atoms with van der Waals surface area (Å²) in [6.45, 7) is 1.20. The Hall–Kier alpha value is -3.42. The van der Waals surface area contributed by atoms with Crippen molar-refractivity contribution in [2.75, 3.05) is 32.8 Å². The lowest BCUT2D eigenvalue weighted by molar-refractivity contribution is -0.274. The van der Waals surface area contributed by atoms with Crippen LogP contribution in [0.1, 0.15) is 10.4 Å². The minimum Gasteiger partial charge on any atom is -0.593 e. The Morgan fingerprint density at radius 2 is 1.81 bits per heavy atom. The van der Waals surface area contributed by atoms with Crippen LogP contribution in [0.5, 0.6) is 11.5 Å². The highest BCUT2D eigenvalue weighted by atomic mass is 32.3. The fourth-order valence-electron chi connectivity index (χ4n) is 4.84. The molecule has 2 aliphatic rings. The first-order chi connectivity index (χ1) is 17.6. The molecule has 13 heteroatoms. The number of nitrogens with one attached hydrogen (secondary N) is 1. The van der Waals surface area contributed by atoms with Gasteiger partial charge in [-0.15, -0.1) is 17.5 Å². The quantitative estimate of drug-likeness (QED) is 0.464. The fourth-order valence-corrected chi connectivity index (χ4v) is 6.42. The average molecular weight is 537 g/mol. The molecule has 1 spiro atoms. The van der Waals surface area contributed by atoms with Gasteiger partial charge >= 0.3 is 6.36 Å². The second-order valence-electron chi connectivity index (χ2n) is 9.15. The van der Waals surface area contributed by atoms with E-state index in [0.717, 1.165) is 24.3 Å². The standard InChI is InChI=1S/C24H23F3N4O5S/c25-24(26,27)36-20-6-8-21(9-7-20)37(33,34)31-12-18(13-35-19-4-2-1-3-5-19)23(16-31)14-30(15-23)22(32)17-10-28-29-11-17/h1-11,18H,12-16H2,(H-,28,29,32,33,34). The third-order valence-corrected chi connectivity index (χ3v) is 8.54. The lowest BCUT2D eigenvalue weighted by atomic mass is 9.71. The number of para-hydroxylation sites is 1. The number of rotatable bonds is 7. The number of benzene rings is 2. The van der Waals surface area contributed by atoms with Crippen molar-refractivity contribution >= 4 is 16.3 Å². The van der Waals surface area contributed by atoms with Crippen molar-refractivity contribution in [1.82, 2.24) is 19.4 Å². The van der Waals surface area contributed by atoms with Crippen molar-refractivity contribution in [2.45, 2.75) is 11.3 Å². The van der Waals surface area contributed by atoms with Gasteiger partial charge in [0, 0.05) is 30.6 Å². The first-order valence-electron chi connectivity index (χ1n) is 11.4. The summed E-state index contributed by atoms with van der Waals surface area (Å²) >= 11 is 0. The number of aromatic amines is 1. The van der Waals surface area contributed by atoms with Gasteiger partial charge in [-0.1, -0.05) is 22.4 Å². The van der Waals surface area contributed by atoms with Gasteiger partial charge in [0.1, 0.15) is 11.5 Å². The number of alkyl halides is 3. The predicted octanol–water partition coefficient (Wildman–Crippen LogP) is 3.37. The molecular weight excluding hydrogens is 513 g/mol. The molecule has 0 radical (unpaired) electrons. The van der Waals surface area contributed by atoms with E-state index in [-0.39, 0.29) is 36.4 Å². The molecule has 5 rings (SSSR count). The topological polar surface area (TPSA) is 111 Å². The Bertz CT molecular complexity index is 1280. The van der Waals surface area contributed by atoms with Crippen LogP contribution in [0.2, 0.25) is 0 Å². The molecule has 1 aromatic heterocycles. The summed E-state index contributed by atoms with van der Waals surface area (Å²) in [4.78, 5) is 14.2. The third kappa shape index (κ3) is 5.20. The largest absolute Gasteiger partial charge is 0.593 e. The van der Waals surface area contributed by atoms with Crippen LogP contribution >= 0.6 is 0 Å². The molecule has 2 atom stereocenters. The first kappa shape index (κ1) is 25.2. The van der Waals surface area contributed by atoms with E-state index in [0.29, 0.717) is 24.4 Å². The van der Waals surface area contributed by atoms with E-state index in [4.69, 9.17) is 4.74 Å². The fraction of sp³-hybridized carbons (Fsp3) is 0.333. The minimum atomic E-state index is -4.88. The number of likely N-dealkylation sites (tertiary alicyclic amines) is 1. The zero-order valence-corrected chi connectivity index (χ0v) is 20.2. The smallest absolute Gasteiger partial charge is 0.573 e. The second-order valence-corrected chi connectivity index (χ2v) is 11.1. The lowest BCUT2D eigenvalue weighted by Crippen LogP contribution is -2.63. The van der Waals surface area contributed by atoms with Gasteiger partial charge in [0.2, 0.25) is 0 Å². The Balaban J connectivity index is 1.34. The van der Waals surface area contributed by atoms with Gasteiger partial charge < -0.3 is 18.9 Å². The van der Waals surface area contributed by atoms with Crippen molar-refractivity contribution in [2.24, 2.45) is 11.3 Å². The maximum absolute atomic E-state index is 13.4. The van der Waals surface area contributed by atoms with Gasteiger partial charge in [0.05, 0.1) is 31.5 Å². The molecule has 3 aromatic rings. The van der Waals surface area contributed by atoms with Gasteiger partial charge in [0.15, 0.2) is 15.3 Å². The molecule has 196 valence electrons. The molecule has 2 aromatic carbocycles. The van der Waals surface area contributed by atoms with Crippen LogP contribution in [-0.4, -0.2) is 69.0 Å². The maximum atomic E-state index is 13.4. The van der Waals surface area contributed by atoms with Crippen molar-refractivity contribution in [1.29, 1.82) is 0 Å². The normalized spacial score (nSPS) is 20.9. The highest BCUT2D eigenvalue weighted by Crippen LogP contribution is 2.47. The molecule has 2 unspecified atom stereocenters. The van der Waals surface area contributed by atoms with E-state index in [1.165, 1.54) is 16.7 Å². The van der Waals surface area contributed by atoms with Crippen LogP contribution in [0, 0.1) is 11.3 Å². The van der Waals surface area contributed by atoms with Gasteiger partial charge in [-0.25, -0.2) is 0 Å². The SMILES string of the molecule is O=C(c1cn[nH]c1)N1CC2(C1)CN([S+](=O)([O-])c1ccc(OC(F)(F)F)cc1)CC2COc1ccccc1. The molecule has 2 fully saturated rings. The van der Waals surface area contributed by atoms with Gasteiger partial charge in [0.25, 0.3) is 5.91 Å². The average Bonchev–Trinajstić information content (AvgIpc) is 3.50. The molecule has 37 heavy (non-hydrogen) atoms. The number of hydrogen-bond acceptors (Lipinski definition) is 6. The molecule has 9 nitrogen and oxygen atoms in total. The van der Waals surface area contributed by atoms with Crippen LogP contribution in [0.15, 0.2) is 71.9 Å². The van der Waals surface area contributed by atoms with E-state index < -0.39 is 27.9 Å². The van der Waals surface area contributed by atoms with E-state index >= 15 is 0 Å². The van der Waals surface area contributed by atoms with Gasteiger partial charge in [-0.2, -0.15) is 5.10 Å². The number of amides is 1. The van der Waals surface area contributed by atoms with Gasteiger partial charge in [-0.05, 0) is 36.4 Å². The van der Waals surface area contributed by atoms with Crippen molar-refractivity contribution < 1.29 is 36.2 Å². The number of ether oxygens (including phenoxy) is 2. The first-order valence-corrected chi connectivity index (χ1v) is 12.8. The van der Waals surface area contributed by atoms with Crippen molar-refractivity contribution in [3.63, 3.8) is 0 Å². The van der Waals surface area contributed by atoms with Crippen molar-refractivity contribution in [3.05, 3.63) is 72.6 Å². The summed E-state index contributed by atoms with van der Waals surface area (Å²) in [5, 5.41) is 6.41. The number of sulfonamides is 1. The van der Waals surface area contributed by atoms with E-state index in [1.54, 1.807) is 17.0 Å². The van der Waals surface area contributed by atoms with Crippen LogP contribution < -0.4 is 9.47 Å². The monoisotopic (exact) mass is 536 g/mol.